The van der Waals surface area contributed by atoms with E-state index in [2.05, 4.69) is 6.92 Å². The van der Waals surface area contributed by atoms with Crippen molar-refractivity contribution in [2.24, 2.45) is 11.5 Å². The molecule has 0 aliphatic carbocycles. The highest BCUT2D eigenvalue weighted by Crippen LogP contribution is 2.00. The first-order valence-corrected chi connectivity index (χ1v) is 6.84. The molecule has 0 aliphatic rings. The van der Waals surface area contributed by atoms with Crippen LogP contribution in [0.3, 0.4) is 0 Å². The molecule has 0 bridgehead atoms. The molecule has 0 fully saturated rings. The average molecular weight is 232 g/mol. The molecule has 0 atom stereocenters. The zero-order chi connectivity index (χ0) is 12.5. The van der Waals surface area contributed by atoms with Gasteiger partial charge in [0.25, 0.3) is 0 Å². The Hall–Kier alpha value is -0.120. The predicted molar refractivity (Wildman–Crippen MR) is 72.4 cm³/mol. The van der Waals surface area contributed by atoms with E-state index in [1.54, 1.807) is 0 Å². The fraction of sp³-hybridized carbons (Fsp3) is 1.00. The van der Waals surface area contributed by atoms with Gasteiger partial charge in [-0.05, 0) is 32.4 Å². The minimum absolute atomic E-state index is 0.324. The van der Waals surface area contributed by atoms with E-state index < -0.39 is 0 Å². The first kappa shape index (κ1) is 18.3. The second kappa shape index (κ2) is 20.3. The molecular weight excluding hydrogens is 200 g/mol. The van der Waals surface area contributed by atoms with Gasteiger partial charge in [-0.1, -0.05) is 45.4 Å². The Kier molecular flexibility index (Phi) is 23.2. The topological polar surface area (TPSA) is 72.3 Å². The quantitative estimate of drug-likeness (QED) is 0.506. The van der Waals surface area contributed by atoms with Gasteiger partial charge in [0.15, 0.2) is 0 Å². The predicted octanol–water partition coefficient (Wildman–Crippen LogP) is 2.41. The monoisotopic (exact) mass is 232 g/mol. The van der Waals surface area contributed by atoms with E-state index in [0.29, 0.717) is 6.61 Å². The van der Waals surface area contributed by atoms with Crippen LogP contribution in [0.2, 0.25) is 0 Å². The van der Waals surface area contributed by atoms with Crippen LogP contribution < -0.4 is 11.5 Å². The van der Waals surface area contributed by atoms with Gasteiger partial charge >= 0.3 is 0 Å². The van der Waals surface area contributed by atoms with Crippen LogP contribution in [0.5, 0.6) is 0 Å². The molecule has 0 heterocycles. The minimum Gasteiger partial charge on any atom is -0.396 e. The summed E-state index contributed by atoms with van der Waals surface area (Å²) in [4.78, 5) is 0. The molecule has 0 aromatic carbocycles. The molecule has 16 heavy (non-hydrogen) atoms. The van der Waals surface area contributed by atoms with Crippen molar-refractivity contribution < 1.29 is 5.11 Å². The molecule has 0 rings (SSSR count). The second-order valence-corrected chi connectivity index (χ2v) is 4.13. The van der Waals surface area contributed by atoms with Crippen LogP contribution in [-0.2, 0) is 0 Å². The smallest absolute Gasteiger partial charge is 0.0431 e. The summed E-state index contributed by atoms with van der Waals surface area (Å²) in [6.07, 6.45) is 10.9. The Bertz CT molecular complexity index is 75.9. The molecule has 5 N–H and O–H groups in total. The van der Waals surface area contributed by atoms with Crippen LogP contribution in [0.15, 0.2) is 0 Å². The first-order valence-electron chi connectivity index (χ1n) is 6.84. The van der Waals surface area contributed by atoms with Gasteiger partial charge in [-0.2, -0.15) is 0 Å². The summed E-state index contributed by atoms with van der Waals surface area (Å²) in [5.41, 5.74) is 10.6. The van der Waals surface area contributed by atoms with Crippen LogP contribution >= 0.6 is 0 Å². The number of nitrogens with two attached hydrogens (primary N) is 2. The van der Waals surface area contributed by atoms with Crippen LogP contribution in [0.1, 0.15) is 64.7 Å². The molecule has 0 aliphatic heterocycles. The number of hydrogen-bond acceptors (Lipinski definition) is 3. The highest BCUT2D eigenvalue weighted by molar-refractivity contribution is 4.42. The van der Waals surface area contributed by atoms with E-state index in [9.17, 15) is 0 Å². The summed E-state index contributed by atoms with van der Waals surface area (Å²) in [5, 5.41) is 8.33. The number of unbranched alkanes of at least 4 members (excludes halogenated alkanes) is 7. The van der Waals surface area contributed by atoms with E-state index in [0.717, 1.165) is 38.8 Å². The number of hydrogen-bond donors (Lipinski definition) is 3. The Morgan fingerprint density at radius 3 is 1.50 bits per heavy atom. The van der Waals surface area contributed by atoms with Crippen molar-refractivity contribution >= 4 is 0 Å². The van der Waals surface area contributed by atoms with Crippen LogP contribution in [0, 0.1) is 0 Å². The second-order valence-electron chi connectivity index (χ2n) is 4.13. The Balaban J connectivity index is 0. The van der Waals surface area contributed by atoms with Crippen molar-refractivity contribution in [3.63, 3.8) is 0 Å². The zero-order valence-corrected chi connectivity index (χ0v) is 11.1. The van der Waals surface area contributed by atoms with Crippen molar-refractivity contribution in [1.29, 1.82) is 0 Å². The molecule has 3 nitrogen and oxygen atoms in total. The van der Waals surface area contributed by atoms with Gasteiger partial charge in [0.05, 0.1) is 0 Å². The van der Waals surface area contributed by atoms with E-state index in [4.69, 9.17) is 16.6 Å². The third-order valence-corrected chi connectivity index (χ3v) is 2.42. The van der Waals surface area contributed by atoms with Crippen molar-refractivity contribution in [3.05, 3.63) is 0 Å². The van der Waals surface area contributed by atoms with Gasteiger partial charge in [-0.25, -0.2) is 0 Å². The SMILES string of the molecule is CCCCCCCN.NCCCCCCO. The number of aliphatic hydroxyl groups excluding tert-OH is 1. The fourth-order valence-electron chi connectivity index (χ4n) is 1.36. The molecule has 0 spiro atoms. The van der Waals surface area contributed by atoms with Gasteiger partial charge in [-0.15, -0.1) is 0 Å². The summed E-state index contributed by atoms with van der Waals surface area (Å²) < 4.78 is 0. The molecule has 0 aromatic rings. The maximum Gasteiger partial charge on any atom is 0.0431 e. The minimum atomic E-state index is 0.324. The van der Waals surface area contributed by atoms with E-state index >= 15 is 0 Å². The maximum absolute atomic E-state index is 8.33. The van der Waals surface area contributed by atoms with Gasteiger partial charge in [-0.3, -0.25) is 0 Å². The molecule has 3 heteroatoms. The lowest BCUT2D eigenvalue weighted by atomic mass is 10.2. The van der Waals surface area contributed by atoms with Gasteiger partial charge in [0.1, 0.15) is 0 Å². The summed E-state index contributed by atoms with van der Waals surface area (Å²) in [7, 11) is 0. The number of aliphatic hydroxyl groups is 1. The highest BCUT2D eigenvalue weighted by Gasteiger charge is 1.84. The Morgan fingerprint density at radius 2 is 1.12 bits per heavy atom. The lowest BCUT2D eigenvalue weighted by Gasteiger charge is -1.93. The van der Waals surface area contributed by atoms with Gasteiger partial charge < -0.3 is 16.6 Å². The Morgan fingerprint density at radius 1 is 0.688 bits per heavy atom. The largest absolute Gasteiger partial charge is 0.396 e. The standard InChI is InChI=1S/C7H17N.C6H15NO/c1-2-3-4-5-6-7-8;7-5-3-1-2-4-6-8/h2-8H2,1H3;8H,1-7H2. The zero-order valence-electron chi connectivity index (χ0n) is 11.1. The normalized spacial score (nSPS) is 9.75. The lowest BCUT2D eigenvalue weighted by molar-refractivity contribution is 0.282. The Labute approximate surface area is 102 Å². The molecule has 0 radical (unpaired) electrons. The molecule has 100 valence electrons. The van der Waals surface area contributed by atoms with E-state index in [-0.39, 0.29) is 0 Å². The van der Waals surface area contributed by atoms with Crippen LogP contribution in [-0.4, -0.2) is 24.8 Å². The summed E-state index contributed by atoms with van der Waals surface area (Å²) >= 11 is 0. The average Bonchev–Trinajstić information content (AvgIpc) is 2.31. The molecule has 0 unspecified atom stereocenters. The third-order valence-electron chi connectivity index (χ3n) is 2.42. The molecule has 0 amide bonds. The van der Waals surface area contributed by atoms with Gasteiger partial charge in [0.2, 0.25) is 0 Å². The van der Waals surface area contributed by atoms with Crippen LogP contribution in [0.4, 0.5) is 0 Å². The van der Waals surface area contributed by atoms with E-state index in [1.165, 1.54) is 32.1 Å². The summed E-state index contributed by atoms with van der Waals surface area (Å²) in [6, 6.07) is 0. The molecule has 0 saturated carbocycles. The van der Waals surface area contributed by atoms with Crippen molar-refractivity contribution in [1.82, 2.24) is 0 Å². The molecule has 0 saturated heterocycles. The third kappa shape index (κ3) is 23.6. The maximum atomic E-state index is 8.33. The lowest BCUT2D eigenvalue weighted by Crippen LogP contribution is -1.97. The summed E-state index contributed by atoms with van der Waals surface area (Å²) in [5.74, 6) is 0. The fourth-order valence-corrected chi connectivity index (χ4v) is 1.36. The summed E-state index contributed by atoms with van der Waals surface area (Å²) in [6.45, 7) is 4.20. The van der Waals surface area contributed by atoms with Crippen molar-refractivity contribution in [2.75, 3.05) is 19.7 Å². The van der Waals surface area contributed by atoms with E-state index in [1.807, 2.05) is 0 Å². The molecule has 0 aromatic heterocycles. The highest BCUT2D eigenvalue weighted by atomic mass is 16.2. The van der Waals surface area contributed by atoms with Crippen molar-refractivity contribution in [2.45, 2.75) is 64.7 Å². The van der Waals surface area contributed by atoms with Crippen molar-refractivity contribution in [3.8, 4) is 0 Å². The van der Waals surface area contributed by atoms with Crippen LogP contribution in [0.25, 0.3) is 0 Å². The molecular formula is C13H32N2O. The first-order chi connectivity index (χ1) is 7.83. The van der Waals surface area contributed by atoms with Gasteiger partial charge in [0, 0.05) is 6.61 Å². The number of rotatable bonds is 10.